The summed E-state index contributed by atoms with van der Waals surface area (Å²) in [6, 6.07) is 8.97. The Bertz CT molecular complexity index is 599. The van der Waals surface area contributed by atoms with Gasteiger partial charge in [-0.1, -0.05) is 26.0 Å². The molecule has 3 rings (SSSR count). The molecule has 0 bridgehead atoms. The van der Waals surface area contributed by atoms with E-state index >= 15 is 0 Å². The minimum atomic E-state index is 0.189. The third-order valence-corrected chi connectivity index (χ3v) is 5.68. The number of hydrogen-bond donors (Lipinski definition) is 0. The highest BCUT2D eigenvalue weighted by Crippen LogP contribution is 2.32. The molecule has 0 spiro atoms. The van der Waals surface area contributed by atoms with E-state index in [-0.39, 0.29) is 24.2 Å². The fraction of sp³-hybridized carbons (Fsp3) is 0.682. The molecule has 4 nitrogen and oxygen atoms in total. The molecule has 3 atom stereocenters. The van der Waals surface area contributed by atoms with Gasteiger partial charge < -0.3 is 9.64 Å². The van der Waals surface area contributed by atoms with E-state index in [1.165, 1.54) is 5.56 Å². The molecule has 4 heteroatoms. The molecule has 2 fully saturated rings. The molecule has 1 aliphatic carbocycles. The highest BCUT2D eigenvalue weighted by Gasteiger charge is 2.37. The number of morpholine rings is 1. The van der Waals surface area contributed by atoms with Crippen molar-refractivity contribution in [3.63, 3.8) is 0 Å². The number of amides is 1. The van der Waals surface area contributed by atoms with E-state index in [1.807, 2.05) is 12.1 Å². The first-order valence-electron chi connectivity index (χ1n) is 10.1. The van der Waals surface area contributed by atoms with E-state index in [9.17, 15) is 4.79 Å². The van der Waals surface area contributed by atoms with Gasteiger partial charge in [0.1, 0.15) is 0 Å². The van der Waals surface area contributed by atoms with Gasteiger partial charge in [-0.05, 0) is 57.2 Å². The number of rotatable bonds is 6. The standard InChI is InChI=1S/C22H34N2O2/c1-15(2)18(5)24(21-10-11-21)22(25)20-8-6-19(7-9-20)14-23-12-16(3)26-17(4)13-23/h6-9,15-18,21H,10-14H2,1-5H3. The van der Waals surface area contributed by atoms with E-state index in [0.29, 0.717) is 12.0 Å². The Hall–Kier alpha value is -1.39. The van der Waals surface area contributed by atoms with Crippen LogP contribution in [0.15, 0.2) is 24.3 Å². The predicted molar refractivity (Wildman–Crippen MR) is 105 cm³/mol. The average Bonchev–Trinajstić information content (AvgIpc) is 3.39. The first-order valence-corrected chi connectivity index (χ1v) is 10.1. The average molecular weight is 359 g/mol. The summed E-state index contributed by atoms with van der Waals surface area (Å²) in [6.07, 6.45) is 2.86. The van der Waals surface area contributed by atoms with Gasteiger partial charge in [0.25, 0.3) is 5.91 Å². The number of benzene rings is 1. The highest BCUT2D eigenvalue weighted by atomic mass is 16.5. The van der Waals surface area contributed by atoms with Crippen molar-refractivity contribution in [1.29, 1.82) is 0 Å². The van der Waals surface area contributed by atoms with Gasteiger partial charge >= 0.3 is 0 Å². The molecule has 1 saturated heterocycles. The zero-order valence-corrected chi connectivity index (χ0v) is 16.9. The van der Waals surface area contributed by atoms with E-state index in [2.05, 4.69) is 56.6 Å². The van der Waals surface area contributed by atoms with Crippen LogP contribution in [0.3, 0.4) is 0 Å². The summed E-state index contributed by atoms with van der Waals surface area (Å²) < 4.78 is 5.81. The SMILES string of the molecule is CC1CN(Cc2ccc(C(=O)N(C3CC3)C(C)C(C)C)cc2)CC(C)O1. The van der Waals surface area contributed by atoms with Crippen LogP contribution in [-0.2, 0) is 11.3 Å². The molecule has 1 heterocycles. The Balaban J connectivity index is 1.65. The lowest BCUT2D eigenvalue weighted by molar-refractivity contribution is -0.0704. The van der Waals surface area contributed by atoms with Crippen molar-refractivity contribution in [2.45, 2.75) is 78.3 Å². The van der Waals surface area contributed by atoms with E-state index in [1.54, 1.807) is 0 Å². The van der Waals surface area contributed by atoms with Crippen LogP contribution in [0.1, 0.15) is 63.4 Å². The molecular weight excluding hydrogens is 324 g/mol. The summed E-state index contributed by atoms with van der Waals surface area (Å²) in [4.78, 5) is 17.6. The van der Waals surface area contributed by atoms with Crippen molar-refractivity contribution >= 4 is 5.91 Å². The molecule has 0 N–H and O–H groups in total. The maximum absolute atomic E-state index is 13.1. The summed E-state index contributed by atoms with van der Waals surface area (Å²) in [7, 11) is 0. The van der Waals surface area contributed by atoms with Crippen LogP contribution in [0.2, 0.25) is 0 Å². The number of ether oxygens (including phenoxy) is 1. The molecule has 1 aromatic carbocycles. The molecular formula is C22H34N2O2. The van der Waals surface area contributed by atoms with Crippen LogP contribution in [0.25, 0.3) is 0 Å². The lowest BCUT2D eigenvalue weighted by atomic mass is 10.0. The molecule has 0 aromatic heterocycles. The number of hydrogen-bond acceptors (Lipinski definition) is 3. The smallest absolute Gasteiger partial charge is 0.254 e. The van der Waals surface area contributed by atoms with Gasteiger partial charge in [-0.25, -0.2) is 0 Å². The summed E-state index contributed by atoms with van der Waals surface area (Å²) in [5.74, 6) is 0.665. The number of carbonyl (C=O) groups is 1. The largest absolute Gasteiger partial charge is 0.373 e. The fourth-order valence-electron chi connectivity index (χ4n) is 3.93. The van der Waals surface area contributed by atoms with Crippen molar-refractivity contribution < 1.29 is 9.53 Å². The molecule has 1 aromatic rings. The first-order chi connectivity index (χ1) is 12.3. The Kier molecular flexibility index (Phi) is 6.03. The molecule has 2 aliphatic rings. The Morgan fingerprint density at radius 3 is 2.19 bits per heavy atom. The normalized spacial score (nSPS) is 25.3. The monoisotopic (exact) mass is 358 g/mol. The summed E-state index contributed by atoms with van der Waals surface area (Å²) >= 11 is 0. The van der Waals surface area contributed by atoms with Crippen LogP contribution in [0.5, 0.6) is 0 Å². The van der Waals surface area contributed by atoms with Gasteiger partial charge in [0.2, 0.25) is 0 Å². The van der Waals surface area contributed by atoms with Gasteiger partial charge in [-0.2, -0.15) is 0 Å². The van der Waals surface area contributed by atoms with Gasteiger partial charge in [0.05, 0.1) is 12.2 Å². The van der Waals surface area contributed by atoms with E-state index < -0.39 is 0 Å². The molecule has 1 saturated carbocycles. The number of nitrogens with zero attached hydrogens (tertiary/aromatic N) is 2. The third-order valence-electron chi connectivity index (χ3n) is 5.68. The summed E-state index contributed by atoms with van der Waals surface area (Å²) in [5.41, 5.74) is 2.08. The Morgan fingerprint density at radius 2 is 1.69 bits per heavy atom. The van der Waals surface area contributed by atoms with Crippen molar-refractivity contribution in [3.05, 3.63) is 35.4 Å². The molecule has 3 unspecified atom stereocenters. The van der Waals surface area contributed by atoms with Gasteiger partial charge in [0, 0.05) is 37.3 Å². The summed E-state index contributed by atoms with van der Waals surface area (Å²) in [6.45, 7) is 13.7. The van der Waals surface area contributed by atoms with Gasteiger partial charge in [-0.3, -0.25) is 9.69 Å². The third kappa shape index (κ3) is 4.66. The van der Waals surface area contributed by atoms with Crippen molar-refractivity contribution in [3.8, 4) is 0 Å². The zero-order valence-electron chi connectivity index (χ0n) is 16.9. The number of carbonyl (C=O) groups excluding carboxylic acids is 1. The summed E-state index contributed by atoms with van der Waals surface area (Å²) in [5, 5.41) is 0. The minimum Gasteiger partial charge on any atom is -0.373 e. The van der Waals surface area contributed by atoms with Crippen LogP contribution in [-0.4, -0.2) is 53.1 Å². The fourth-order valence-corrected chi connectivity index (χ4v) is 3.93. The minimum absolute atomic E-state index is 0.189. The molecule has 26 heavy (non-hydrogen) atoms. The second-order valence-corrected chi connectivity index (χ2v) is 8.58. The van der Waals surface area contributed by atoms with Crippen LogP contribution >= 0.6 is 0 Å². The predicted octanol–water partition coefficient (Wildman–Crippen LogP) is 3.94. The topological polar surface area (TPSA) is 32.8 Å². The Morgan fingerprint density at radius 1 is 1.12 bits per heavy atom. The second kappa shape index (κ2) is 8.10. The maximum atomic E-state index is 13.1. The molecule has 144 valence electrons. The van der Waals surface area contributed by atoms with Gasteiger partial charge in [0.15, 0.2) is 0 Å². The quantitative estimate of drug-likeness (QED) is 0.772. The highest BCUT2D eigenvalue weighted by molar-refractivity contribution is 5.94. The lowest BCUT2D eigenvalue weighted by Gasteiger charge is -2.35. The van der Waals surface area contributed by atoms with E-state index in [0.717, 1.165) is 38.0 Å². The van der Waals surface area contributed by atoms with Crippen LogP contribution in [0, 0.1) is 5.92 Å². The first kappa shape index (κ1) is 19.4. The van der Waals surface area contributed by atoms with Gasteiger partial charge in [-0.15, -0.1) is 0 Å². The lowest BCUT2D eigenvalue weighted by Crippen LogP contribution is -2.44. The molecule has 0 radical (unpaired) electrons. The van der Waals surface area contributed by atoms with Crippen LogP contribution < -0.4 is 0 Å². The van der Waals surface area contributed by atoms with Crippen molar-refractivity contribution in [2.24, 2.45) is 5.92 Å². The molecule has 1 aliphatic heterocycles. The maximum Gasteiger partial charge on any atom is 0.254 e. The van der Waals surface area contributed by atoms with Crippen LogP contribution in [0.4, 0.5) is 0 Å². The second-order valence-electron chi connectivity index (χ2n) is 8.58. The van der Waals surface area contributed by atoms with Crippen molar-refractivity contribution in [1.82, 2.24) is 9.80 Å². The Labute approximate surface area is 158 Å². The zero-order chi connectivity index (χ0) is 18.8. The van der Waals surface area contributed by atoms with E-state index in [4.69, 9.17) is 4.74 Å². The van der Waals surface area contributed by atoms with Crippen molar-refractivity contribution in [2.75, 3.05) is 13.1 Å². The molecule has 1 amide bonds.